The molecular formula is C12H18N2. The zero-order chi connectivity index (χ0) is 9.97. The second-order valence-electron chi connectivity index (χ2n) is 4.46. The van der Waals surface area contributed by atoms with E-state index >= 15 is 0 Å². The fourth-order valence-corrected chi connectivity index (χ4v) is 2.32. The molecule has 1 saturated heterocycles. The van der Waals surface area contributed by atoms with Crippen molar-refractivity contribution in [2.45, 2.75) is 25.8 Å². The number of nitrogens with zero attached hydrogens (tertiary/aromatic N) is 2. The minimum absolute atomic E-state index is 0.747. The topological polar surface area (TPSA) is 16.1 Å². The second-order valence-corrected chi connectivity index (χ2v) is 4.46. The Balaban J connectivity index is 1.94. The van der Waals surface area contributed by atoms with Crippen molar-refractivity contribution in [3.05, 3.63) is 30.1 Å². The first-order valence-electron chi connectivity index (χ1n) is 5.35. The van der Waals surface area contributed by atoms with E-state index in [2.05, 4.69) is 29.9 Å². The third-order valence-electron chi connectivity index (χ3n) is 3.22. The van der Waals surface area contributed by atoms with Crippen LogP contribution in [-0.2, 0) is 6.42 Å². The Morgan fingerprint density at radius 2 is 2.43 bits per heavy atom. The lowest BCUT2D eigenvalue weighted by molar-refractivity contribution is 0.325. The van der Waals surface area contributed by atoms with Crippen LogP contribution in [0.25, 0.3) is 0 Å². The van der Waals surface area contributed by atoms with Gasteiger partial charge in [0.2, 0.25) is 0 Å². The molecule has 0 saturated carbocycles. The SMILES string of the molecule is CC1CC(Cc2cccnc2)CN1C. The minimum atomic E-state index is 0.747. The molecule has 2 unspecified atom stereocenters. The summed E-state index contributed by atoms with van der Waals surface area (Å²) in [5, 5.41) is 0. The number of likely N-dealkylation sites (tertiary alicyclic amines) is 1. The number of pyridine rings is 1. The third kappa shape index (κ3) is 2.13. The molecule has 0 amide bonds. The molecule has 1 aliphatic rings. The van der Waals surface area contributed by atoms with Gasteiger partial charge in [-0.2, -0.15) is 0 Å². The van der Waals surface area contributed by atoms with Crippen molar-refractivity contribution in [1.82, 2.24) is 9.88 Å². The molecule has 2 nitrogen and oxygen atoms in total. The molecule has 1 fully saturated rings. The van der Waals surface area contributed by atoms with Crippen LogP contribution in [0.4, 0.5) is 0 Å². The van der Waals surface area contributed by atoms with Gasteiger partial charge in [-0.15, -0.1) is 0 Å². The van der Waals surface area contributed by atoms with Crippen molar-refractivity contribution >= 4 is 0 Å². The summed E-state index contributed by atoms with van der Waals surface area (Å²) in [5.74, 6) is 0.819. The van der Waals surface area contributed by atoms with Gasteiger partial charge in [0.1, 0.15) is 0 Å². The van der Waals surface area contributed by atoms with Gasteiger partial charge in [0.25, 0.3) is 0 Å². The number of hydrogen-bond donors (Lipinski definition) is 0. The standard InChI is InChI=1S/C12H18N2/c1-10-6-12(9-14(10)2)7-11-4-3-5-13-8-11/h3-5,8,10,12H,6-7,9H2,1-2H3. The van der Waals surface area contributed by atoms with Gasteiger partial charge in [0.15, 0.2) is 0 Å². The van der Waals surface area contributed by atoms with E-state index in [9.17, 15) is 0 Å². The molecule has 0 bridgehead atoms. The van der Waals surface area contributed by atoms with E-state index in [1.54, 1.807) is 0 Å². The summed E-state index contributed by atoms with van der Waals surface area (Å²) in [4.78, 5) is 6.60. The zero-order valence-electron chi connectivity index (χ0n) is 8.98. The maximum absolute atomic E-state index is 4.15. The van der Waals surface area contributed by atoms with E-state index in [1.165, 1.54) is 24.9 Å². The maximum Gasteiger partial charge on any atom is 0.0299 e. The average Bonchev–Trinajstić information content (AvgIpc) is 2.47. The van der Waals surface area contributed by atoms with Crippen LogP contribution in [0.15, 0.2) is 24.5 Å². The van der Waals surface area contributed by atoms with E-state index in [1.807, 2.05) is 18.5 Å². The van der Waals surface area contributed by atoms with Crippen LogP contribution in [-0.4, -0.2) is 29.5 Å². The fourth-order valence-electron chi connectivity index (χ4n) is 2.32. The van der Waals surface area contributed by atoms with Crippen molar-refractivity contribution in [2.75, 3.05) is 13.6 Å². The lowest BCUT2D eigenvalue weighted by Gasteiger charge is -2.12. The normalized spacial score (nSPS) is 28.1. The monoisotopic (exact) mass is 190 g/mol. The summed E-state index contributed by atoms with van der Waals surface area (Å²) in [6.07, 6.45) is 6.34. The highest BCUT2D eigenvalue weighted by atomic mass is 15.1. The van der Waals surface area contributed by atoms with Crippen LogP contribution >= 0.6 is 0 Å². The molecule has 76 valence electrons. The van der Waals surface area contributed by atoms with E-state index in [-0.39, 0.29) is 0 Å². The Morgan fingerprint density at radius 1 is 1.57 bits per heavy atom. The molecule has 0 radical (unpaired) electrons. The first-order valence-corrected chi connectivity index (χ1v) is 5.35. The van der Waals surface area contributed by atoms with Crippen molar-refractivity contribution in [2.24, 2.45) is 5.92 Å². The van der Waals surface area contributed by atoms with Gasteiger partial charge >= 0.3 is 0 Å². The summed E-state index contributed by atoms with van der Waals surface area (Å²) in [5.41, 5.74) is 1.38. The lowest BCUT2D eigenvalue weighted by atomic mass is 9.98. The predicted octanol–water partition coefficient (Wildman–Crippen LogP) is 1.96. The molecule has 0 aromatic carbocycles. The molecule has 0 aliphatic carbocycles. The number of rotatable bonds is 2. The van der Waals surface area contributed by atoms with Crippen LogP contribution in [0, 0.1) is 5.92 Å². The maximum atomic E-state index is 4.15. The van der Waals surface area contributed by atoms with Crippen molar-refractivity contribution in [3.8, 4) is 0 Å². The summed E-state index contributed by atoms with van der Waals surface area (Å²) in [7, 11) is 2.22. The minimum Gasteiger partial charge on any atom is -0.303 e. The Labute approximate surface area is 86.0 Å². The average molecular weight is 190 g/mol. The lowest BCUT2D eigenvalue weighted by Crippen LogP contribution is -2.21. The number of aromatic nitrogens is 1. The third-order valence-corrected chi connectivity index (χ3v) is 3.22. The van der Waals surface area contributed by atoms with E-state index < -0.39 is 0 Å². The predicted molar refractivity (Wildman–Crippen MR) is 58.1 cm³/mol. The van der Waals surface area contributed by atoms with Crippen LogP contribution in [0.3, 0.4) is 0 Å². The summed E-state index contributed by atoms with van der Waals surface area (Å²) in [6.45, 7) is 3.54. The molecule has 2 heteroatoms. The highest BCUT2D eigenvalue weighted by molar-refractivity contribution is 5.10. The summed E-state index contributed by atoms with van der Waals surface area (Å²) < 4.78 is 0. The molecular weight excluding hydrogens is 172 g/mol. The molecule has 2 heterocycles. The van der Waals surface area contributed by atoms with Crippen LogP contribution in [0.1, 0.15) is 18.9 Å². The number of hydrogen-bond acceptors (Lipinski definition) is 2. The Hall–Kier alpha value is -0.890. The van der Waals surface area contributed by atoms with Gasteiger partial charge in [-0.25, -0.2) is 0 Å². The molecule has 2 atom stereocenters. The Bertz CT molecular complexity index is 274. The van der Waals surface area contributed by atoms with E-state index in [0.29, 0.717) is 0 Å². The molecule has 1 aromatic heterocycles. The van der Waals surface area contributed by atoms with Gasteiger partial charge in [-0.1, -0.05) is 6.07 Å². The quantitative estimate of drug-likeness (QED) is 0.708. The molecule has 0 spiro atoms. The van der Waals surface area contributed by atoms with Crippen molar-refractivity contribution in [1.29, 1.82) is 0 Å². The highest BCUT2D eigenvalue weighted by Gasteiger charge is 2.25. The molecule has 1 aromatic rings. The van der Waals surface area contributed by atoms with E-state index in [0.717, 1.165) is 12.0 Å². The molecule has 1 aliphatic heterocycles. The second kappa shape index (κ2) is 4.09. The van der Waals surface area contributed by atoms with Gasteiger partial charge < -0.3 is 4.90 Å². The first-order chi connectivity index (χ1) is 6.75. The fraction of sp³-hybridized carbons (Fsp3) is 0.583. The van der Waals surface area contributed by atoms with Crippen LogP contribution in [0.2, 0.25) is 0 Å². The first kappa shape index (κ1) is 9.66. The highest BCUT2D eigenvalue weighted by Crippen LogP contribution is 2.24. The van der Waals surface area contributed by atoms with Gasteiger partial charge in [0, 0.05) is 25.0 Å². The van der Waals surface area contributed by atoms with Gasteiger partial charge in [-0.05, 0) is 44.4 Å². The summed E-state index contributed by atoms with van der Waals surface area (Å²) in [6, 6.07) is 4.95. The largest absolute Gasteiger partial charge is 0.303 e. The van der Waals surface area contributed by atoms with E-state index in [4.69, 9.17) is 0 Å². The smallest absolute Gasteiger partial charge is 0.0299 e. The Morgan fingerprint density at radius 3 is 3.00 bits per heavy atom. The molecule has 14 heavy (non-hydrogen) atoms. The molecule has 0 N–H and O–H groups in total. The Kier molecular flexibility index (Phi) is 2.82. The van der Waals surface area contributed by atoms with Crippen LogP contribution in [0.5, 0.6) is 0 Å². The zero-order valence-corrected chi connectivity index (χ0v) is 8.98. The van der Waals surface area contributed by atoms with Crippen molar-refractivity contribution in [3.63, 3.8) is 0 Å². The van der Waals surface area contributed by atoms with Crippen LogP contribution < -0.4 is 0 Å². The molecule has 2 rings (SSSR count). The van der Waals surface area contributed by atoms with Gasteiger partial charge in [-0.3, -0.25) is 4.98 Å². The summed E-state index contributed by atoms with van der Waals surface area (Å²) >= 11 is 0. The van der Waals surface area contributed by atoms with Crippen molar-refractivity contribution < 1.29 is 0 Å². The van der Waals surface area contributed by atoms with Gasteiger partial charge in [0.05, 0.1) is 0 Å².